The predicted molar refractivity (Wildman–Crippen MR) is 105 cm³/mol. The molecule has 3 atom stereocenters. The van der Waals surface area contributed by atoms with Gasteiger partial charge < -0.3 is 5.32 Å². The van der Waals surface area contributed by atoms with Gasteiger partial charge in [-0.15, -0.1) is 0 Å². The van der Waals surface area contributed by atoms with Crippen molar-refractivity contribution in [1.82, 2.24) is 5.32 Å². The molecular formula is C21H24N2O3S. The molecule has 2 bridgehead atoms. The monoisotopic (exact) mass is 384 g/mol. The normalized spacial score (nSPS) is 24.0. The van der Waals surface area contributed by atoms with Gasteiger partial charge in [0.25, 0.3) is 15.9 Å². The number of rotatable bonds is 5. The summed E-state index contributed by atoms with van der Waals surface area (Å²) in [6, 6.07) is 13.7. The lowest BCUT2D eigenvalue weighted by atomic mass is 9.95. The van der Waals surface area contributed by atoms with Crippen LogP contribution in [0.4, 0.5) is 5.69 Å². The number of hydrogen-bond donors (Lipinski definition) is 2. The van der Waals surface area contributed by atoms with E-state index in [0.717, 1.165) is 17.9 Å². The molecule has 2 fully saturated rings. The van der Waals surface area contributed by atoms with E-state index in [4.69, 9.17) is 0 Å². The lowest BCUT2D eigenvalue weighted by molar-refractivity contribution is 0.0922. The molecule has 27 heavy (non-hydrogen) atoms. The molecule has 2 unspecified atom stereocenters. The number of aryl methyl sites for hydroxylation is 1. The number of para-hydroxylation sites is 1. The Hall–Kier alpha value is -2.34. The van der Waals surface area contributed by atoms with Crippen molar-refractivity contribution in [2.45, 2.75) is 43.5 Å². The van der Waals surface area contributed by atoms with Gasteiger partial charge in [0.05, 0.1) is 10.6 Å². The van der Waals surface area contributed by atoms with E-state index in [9.17, 15) is 13.2 Å². The van der Waals surface area contributed by atoms with Gasteiger partial charge in [-0.05, 0) is 67.9 Å². The Morgan fingerprint density at radius 3 is 2.56 bits per heavy atom. The van der Waals surface area contributed by atoms with Crippen molar-refractivity contribution in [3.05, 3.63) is 59.7 Å². The number of anilines is 1. The molecule has 2 aliphatic rings. The number of amides is 1. The number of benzene rings is 2. The van der Waals surface area contributed by atoms with Gasteiger partial charge in [0, 0.05) is 11.6 Å². The fourth-order valence-electron chi connectivity index (χ4n) is 4.37. The van der Waals surface area contributed by atoms with E-state index in [0.29, 0.717) is 17.2 Å². The lowest BCUT2D eigenvalue weighted by Crippen LogP contribution is -2.38. The fourth-order valence-corrected chi connectivity index (χ4v) is 5.55. The molecule has 2 N–H and O–H groups in total. The topological polar surface area (TPSA) is 75.3 Å². The highest BCUT2D eigenvalue weighted by molar-refractivity contribution is 7.92. The summed E-state index contributed by atoms with van der Waals surface area (Å²) in [4.78, 5) is 12.7. The van der Waals surface area contributed by atoms with Gasteiger partial charge in [-0.2, -0.15) is 0 Å². The van der Waals surface area contributed by atoms with E-state index < -0.39 is 10.0 Å². The molecule has 142 valence electrons. The summed E-state index contributed by atoms with van der Waals surface area (Å²) in [6.45, 7) is 1.84. The molecule has 4 rings (SSSR count). The van der Waals surface area contributed by atoms with Crippen LogP contribution in [-0.2, 0) is 10.0 Å². The first-order chi connectivity index (χ1) is 12.9. The van der Waals surface area contributed by atoms with Gasteiger partial charge >= 0.3 is 0 Å². The Morgan fingerprint density at radius 1 is 1.04 bits per heavy atom. The third-order valence-corrected chi connectivity index (χ3v) is 7.21. The van der Waals surface area contributed by atoms with Gasteiger partial charge in [0.15, 0.2) is 0 Å². The first-order valence-electron chi connectivity index (χ1n) is 9.42. The zero-order valence-electron chi connectivity index (χ0n) is 15.3. The third-order valence-electron chi connectivity index (χ3n) is 5.85. The number of nitrogens with one attached hydrogen (secondary N) is 2. The van der Waals surface area contributed by atoms with Gasteiger partial charge in [0.2, 0.25) is 0 Å². The van der Waals surface area contributed by atoms with Crippen molar-refractivity contribution in [2.75, 3.05) is 4.72 Å². The molecule has 0 aliphatic heterocycles. The minimum absolute atomic E-state index is 0.0892. The second-order valence-electron chi connectivity index (χ2n) is 7.70. The summed E-state index contributed by atoms with van der Waals surface area (Å²) < 4.78 is 28.1. The standard InChI is InChI=1S/C21H24N2O3S/c1-14-5-2-3-8-19(14)23-27(25,26)18-7-4-6-17(13-18)21(24)22-20-12-15-9-10-16(20)11-15/h2-8,13,15-16,20,23H,9-12H2,1H3,(H,22,24)/t15?,16?,20-/m1/s1. The molecule has 2 aliphatic carbocycles. The van der Waals surface area contributed by atoms with E-state index in [2.05, 4.69) is 10.0 Å². The van der Waals surface area contributed by atoms with Gasteiger partial charge in [-0.3, -0.25) is 9.52 Å². The Labute approximate surface area is 160 Å². The van der Waals surface area contributed by atoms with Crippen molar-refractivity contribution in [3.8, 4) is 0 Å². The molecule has 0 saturated heterocycles. The Morgan fingerprint density at radius 2 is 1.85 bits per heavy atom. The number of fused-ring (bicyclic) bond motifs is 2. The van der Waals surface area contributed by atoms with Crippen LogP contribution in [0.15, 0.2) is 53.4 Å². The third kappa shape index (κ3) is 3.72. The van der Waals surface area contributed by atoms with Gasteiger partial charge in [0.1, 0.15) is 0 Å². The molecule has 0 radical (unpaired) electrons. The van der Waals surface area contributed by atoms with Gasteiger partial charge in [-0.1, -0.05) is 30.7 Å². The minimum atomic E-state index is -3.76. The van der Waals surface area contributed by atoms with Crippen LogP contribution in [-0.4, -0.2) is 20.4 Å². The molecule has 6 heteroatoms. The zero-order valence-corrected chi connectivity index (χ0v) is 16.1. The van der Waals surface area contributed by atoms with Crippen molar-refractivity contribution >= 4 is 21.6 Å². The summed E-state index contributed by atoms with van der Waals surface area (Å²) in [5, 5.41) is 3.11. The highest BCUT2D eigenvalue weighted by Crippen LogP contribution is 2.44. The second-order valence-corrected chi connectivity index (χ2v) is 9.39. The molecule has 2 aromatic carbocycles. The van der Waals surface area contributed by atoms with Crippen LogP contribution >= 0.6 is 0 Å². The average Bonchev–Trinajstić information content (AvgIpc) is 3.27. The number of sulfonamides is 1. The predicted octanol–water partition coefficient (Wildman–Crippen LogP) is 3.71. The van der Waals surface area contributed by atoms with Gasteiger partial charge in [-0.25, -0.2) is 8.42 Å². The van der Waals surface area contributed by atoms with Crippen molar-refractivity contribution < 1.29 is 13.2 Å². The van der Waals surface area contributed by atoms with Crippen molar-refractivity contribution in [3.63, 3.8) is 0 Å². The fraction of sp³-hybridized carbons (Fsp3) is 0.381. The maximum absolute atomic E-state index is 12.7. The van der Waals surface area contributed by atoms with E-state index in [1.807, 2.05) is 19.1 Å². The molecule has 0 aromatic heterocycles. The maximum Gasteiger partial charge on any atom is 0.261 e. The SMILES string of the molecule is Cc1ccccc1NS(=O)(=O)c1cccc(C(=O)N[C@@H]2CC3CCC2C3)c1. The second kappa shape index (κ2) is 7.00. The Kier molecular flexibility index (Phi) is 4.68. The lowest BCUT2D eigenvalue weighted by Gasteiger charge is -2.23. The molecule has 0 spiro atoms. The number of hydrogen-bond acceptors (Lipinski definition) is 3. The summed E-state index contributed by atoms with van der Waals surface area (Å²) in [7, 11) is -3.76. The summed E-state index contributed by atoms with van der Waals surface area (Å²) in [6.07, 6.45) is 4.71. The van der Waals surface area contributed by atoms with E-state index in [1.54, 1.807) is 24.3 Å². The minimum Gasteiger partial charge on any atom is -0.349 e. The number of carbonyl (C=O) groups excluding carboxylic acids is 1. The smallest absolute Gasteiger partial charge is 0.261 e. The molecule has 0 heterocycles. The summed E-state index contributed by atoms with van der Waals surface area (Å²) >= 11 is 0. The Bertz CT molecular complexity index is 971. The summed E-state index contributed by atoms with van der Waals surface area (Å²) in [5.41, 5.74) is 1.76. The molecule has 5 nitrogen and oxygen atoms in total. The van der Waals surface area contributed by atoms with Crippen LogP contribution in [0.25, 0.3) is 0 Å². The van der Waals surface area contributed by atoms with Crippen LogP contribution in [0.2, 0.25) is 0 Å². The quantitative estimate of drug-likeness (QED) is 0.825. The highest BCUT2D eigenvalue weighted by atomic mass is 32.2. The highest BCUT2D eigenvalue weighted by Gasteiger charge is 2.40. The average molecular weight is 385 g/mol. The van der Waals surface area contributed by atoms with Crippen LogP contribution < -0.4 is 10.0 Å². The molecule has 2 saturated carbocycles. The van der Waals surface area contributed by atoms with E-state index >= 15 is 0 Å². The molecule has 1 amide bonds. The largest absolute Gasteiger partial charge is 0.349 e. The van der Waals surface area contributed by atoms with E-state index in [-0.39, 0.29) is 16.8 Å². The first kappa shape index (κ1) is 18.0. The van der Waals surface area contributed by atoms with Crippen molar-refractivity contribution in [1.29, 1.82) is 0 Å². The first-order valence-corrected chi connectivity index (χ1v) is 10.9. The Balaban J connectivity index is 1.51. The van der Waals surface area contributed by atoms with E-state index in [1.165, 1.54) is 31.4 Å². The maximum atomic E-state index is 12.7. The van der Waals surface area contributed by atoms with Crippen molar-refractivity contribution in [2.24, 2.45) is 11.8 Å². The van der Waals surface area contributed by atoms with Crippen LogP contribution in [0.5, 0.6) is 0 Å². The number of carbonyl (C=O) groups is 1. The zero-order chi connectivity index (χ0) is 19.0. The van der Waals surface area contributed by atoms with Crippen LogP contribution in [0.3, 0.4) is 0 Å². The molecule has 2 aromatic rings. The molecular weight excluding hydrogens is 360 g/mol. The van der Waals surface area contributed by atoms with Crippen LogP contribution in [0.1, 0.15) is 41.6 Å². The summed E-state index contributed by atoms with van der Waals surface area (Å²) in [5.74, 6) is 1.12. The van der Waals surface area contributed by atoms with Crippen LogP contribution in [0, 0.1) is 18.8 Å².